The van der Waals surface area contributed by atoms with E-state index in [2.05, 4.69) is 0 Å². The molecule has 0 bridgehead atoms. The van der Waals surface area contributed by atoms with Crippen molar-refractivity contribution < 1.29 is 29.0 Å². The van der Waals surface area contributed by atoms with Crippen LogP contribution in [0.2, 0.25) is 5.02 Å². The van der Waals surface area contributed by atoms with Gasteiger partial charge in [0.05, 0.1) is 41.2 Å². The third-order valence-corrected chi connectivity index (χ3v) is 10.2. The van der Waals surface area contributed by atoms with E-state index in [4.69, 9.17) is 16.3 Å². The summed E-state index contributed by atoms with van der Waals surface area (Å²) in [5.74, 6) is -3.71. The first kappa shape index (κ1) is 28.5. The van der Waals surface area contributed by atoms with Crippen molar-refractivity contribution in [2.24, 2.45) is 29.1 Å². The molecule has 1 saturated carbocycles. The molecule has 3 aromatic rings. The van der Waals surface area contributed by atoms with Crippen LogP contribution in [-0.4, -0.2) is 41.9 Å². The fraction of sp³-hybridized carbons (Fsp3) is 0.314. The highest BCUT2D eigenvalue weighted by Gasteiger charge is 2.68. The quantitative estimate of drug-likeness (QED) is 0.306. The van der Waals surface area contributed by atoms with E-state index in [9.17, 15) is 24.3 Å². The lowest BCUT2D eigenvalue weighted by Crippen LogP contribution is -2.49. The molecule has 4 aliphatic rings. The highest BCUT2D eigenvalue weighted by Crippen LogP contribution is 2.64. The maximum absolute atomic E-state index is 14.5. The highest BCUT2D eigenvalue weighted by atomic mass is 35.5. The van der Waals surface area contributed by atoms with Crippen LogP contribution in [0.15, 0.2) is 90.5 Å². The van der Waals surface area contributed by atoms with Gasteiger partial charge in [-0.05, 0) is 68.1 Å². The summed E-state index contributed by atoms with van der Waals surface area (Å²) >= 11 is 6.08. The largest absolute Gasteiger partial charge is 0.491 e. The fourth-order valence-electron chi connectivity index (χ4n) is 8.03. The van der Waals surface area contributed by atoms with Crippen LogP contribution in [0.1, 0.15) is 31.2 Å². The Kier molecular flexibility index (Phi) is 6.94. The van der Waals surface area contributed by atoms with Crippen molar-refractivity contribution in [1.82, 2.24) is 0 Å². The second-order valence-corrected chi connectivity index (χ2v) is 12.5. The third-order valence-electron chi connectivity index (χ3n) is 9.95. The summed E-state index contributed by atoms with van der Waals surface area (Å²) in [6.07, 6.45) is 2.62. The smallest absolute Gasteiger partial charge is 0.241 e. The standard InChI is InChI=1S/C35H31ClN2O6/c1-35-27(32(41)38(34(35)43)21-7-3-2-4-8-21)19-26-23(30(35)24-9-5-6-10-28(24)44-18-17-39)15-16-25-29(26)33(42)37(31(25)40)22-13-11-20(36)12-14-22/h2-15,25-27,29-30,39H,16-19H2,1H3. The Morgan fingerprint density at radius 3 is 2.25 bits per heavy atom. The molecule has 2 aliphatic heterocycles. The lowest BCUT2D eigenvalue weighted by atomic mass is 9.51. The number of imide groups is 2. The van der Waals surface area contributed by atoms with Gasteiger partial charge in [0.1, 0.15) is 12.4 Å². The highest BCUT2D eigenvalue weighted by molar-refractivity contribution is 6.31. The number of hydrogen-bond donors (Lipinski definition) is 1. The topological polar surface area (TPSA) is 104 Å². The van der Waals surface area contributed by atoms with Crippen molar-refractivity contribution >= 4 is 46.6 Å². The Morgan fingerprint density at radius 1 is 0.841 bits per heavy atom. The lowest BCUT2D eigenvalue weighted by molar-refractivity contribution is -0.131. The van der Waals surface area contributed by atoms with E-state index in [1.165, 1.54) is 9.80 Å². The number of nitrogens with zero attached hydrogens (tertiary/aromatic N) is 2. The Balaban J connectivity index is 1.37. The van der Waals surface area contributed by atoms with Crippen molar-refractivity contribution in [2.75, 3.05) is 23.0 Å². The molecule has 224 valence electrons. The number of amides is 4. The molecular formula is C35H31ClN2O6. The molecule has 9 heteroatoms. The van der Waals surface area contributed by atoms with Crippen LogP contribution >= 0.6 is 11.6 Å². The first-order valence-corrected chi connectivity index (χ1v) is 15.2. The van der Waals surface area contributed by atoms with Gasteiger partial charge >= 0.3 is 0 Å². The molecule has 3 fully saturated rings. The normalized spacial score (nSPS) is 29.3. The summed E-state index contributed by atoms with van der Waals surface area (Å²) in [5.41, 5.74) is 1.37. The Labute approximate surface area is 259 Å². The van der Waals surface area contributed by atoms with Crippen LogP contribution in [0.4, 0.5) is 11.4 Å². The number of aliphatic hydroxyl groups excluding tert-OH is 1. The number of rotatable bonds is 6. The molecule has 8 nitrogen and oxygen atoms in total. The summed E-state index contributed by atoms with van der Waals surface area (Å²) < 4.78 is 5.97. The molecule has 2 heterocycles. The van der Waals surface area contributed by atoms with E-state index < -0.39 is 35.0 Å². The summed E-state index contributed by atoms with van der Waals surface area (Å²) in [4.78, 5) is 59.2. The molecule has 6 atom stereocenters. The number of allylic oxidation sites excluding steroid dienone is 2. The average molecular weight is 611 g/mol. The number of ether oxygens (including phenoxy) is 1. The summed E-state index contributed by atoms with van der Waals surface area (Å²) in [6, 6.07) is 22.9. The second-order valence-electron chi connectivity index (χ2n) is 12.1. The molecule has 2 aliphatic carbocycles. The average Bonchev–Trinajstić information content (AvgIpc) is 3.40. The number of carbonyl (C=O) groups excluding carboxylic acids is 4. The van der Waals surface area contributed by atoms with Crippen molar-refractivity contribution in [3.63, 3.8) is 0 Å². The Morgan fingerprint density at radius 2 is 1.52 bits per heavy atom. The molecular weight excluding hydrogens is 580 g/mol. The van der Waals surface area contributed by atoms with Gasteiger partial charge in [-0.15, -0.1) is 0 Å². The predicted octanol–water partition coefficient (Wildman–Crippen LogP) is 5.15. The minimum absolute atomic E-state index is 0.0586. The molecule has 7 rings (SSSR count). The number of para-hydroxylation sites is 2. The summed E-state index contributed by atoms with van der Waals surface area (Å²) in [6.45, 7) is 1.71. The number of benzene rings is 3. The van der Waals surface area contributed by atoms with Crippen LogP contribution in [0.5, 0.6) is 5.75 Å². The van der Waals surface area contributed by atoms with Gasteiger partial charge in [0.2, 0.25) is 23.6 Å². The summed E-state index contributed by atoms with van der Waals surface area (Å²) in [7, 11) is 0. The molecule has 3 aromatic carbocycles. The van der Waals surface area contributed by atoms with E-state index in [0.717, 1.165) is 5.57 Å². The number of fused-ring (bicyclic) bond motifs is 4. The van der Waals surface area contributed by atoms with Crippen LogP contribution in [0.3, 0.4) is 0 Å². The van der Waals surface area contributed by atoms with Crippen LogP contribution in [-0.2, 0) is 19.2 Å². The Hall–Kier alpha value is -4.27. The monoisotopic (exact) mass is 610 g/mol. The minimum Gasteiger partial charge on any atom is -0.491 e. The zero-order valence-corrected chi connectivity index (χ0v) is 24.8. The third kappa shape index (κ3) is 4.08. The van der Waals surface area contributed by atoms with Gasteiger partial charge in [0.15, 0.2) is 0 Å². The van der Waals surface area contributed by atoms with E-state index in [1.54, 1.807) is 54.6 Å². The number of aliphatic hydroxyl groups is 1. The van der Waals surface area contributed by atoms with Crippen molar-refractivity contribution in [1.29, 1.82) is 0 Å². The van der Waals surface area contributed by atoms with Gasteiger partial charge < -0.3 is 9.84 Å². The molecule has 2 saturated heterocycles. The zero-order chi connectivity index (χ0) is 30.7. The molecule has 4 amide bonds. The summed E-state index contributed by atoms with van der Waals surface area (Å²) in [5, 5.41) is 10.0. The molecule has 0 spiro atoms. The number of halogens is 1. The first-order valence-electron chi connectivity index (χ1n) is 14.9. The Bertz CT molecular complexity index is 1710. The van der Waals surface area contributed by atoms with E-state index in [-0.39, 0.29) is 43.3 Å². The van der Waals surface area contributed by atoms with Crippen LogP contribution < -0.4 is 14.5 Å². The van der Waals surface area contributed by atoms with Crippen LogP contribution in [0.25, 0.3) is 0 Å². The lowest BCUT2D eigenvalue weighted by Gasteiger charge is -2.49. The maximum Gasteiger partial charge on any atom is 0.241 e. The second kappa shape index (κ2) is 10.7. The van der Waals surface area contributed by atoms with Gasteiger partial charge in [0, 0.05) is 16.5 Å². The van der Waals surface area contributed by atoms with Crippen molar-refractivity contribution in [3.05, 3.63) is 101 Å². The fourth-order valence-corrected chi connectivity index (χ4v) is 8.16. The van der Waals surface area contributed by atoms with Gasteiger partial charge in [-0.25, -0.2) is 4.90 Å². The molecule has 1 N–H and O–H groups in total. The molecule has 44 heavy (non-hydrogen) atoms. The van der Waals surface area contributed by atoms with Crippen LogP contribution in [0, 0.1) is 29.1 Å². The number of carbonyl (C=O) groups is 4. The van der Waals surface area contributed by atoms with Crippen molar-refractivity contribution in [2.45, 2.75) is 25.7 Å². The van der Waals surface area contributed by atoms with Gasteiger partial charge in [-0.3, -0.25) is 24.1 Å². The van der Waals surface area contributed by atoms with E-state index in [0.29, 0.717) is 34.1 Å². The SMILES string of the molecule is CC12C(=O)N(c3ccccc3)C(=O)C1CC1C(=CCC3C(=O)N(c4ccc(Cl)cc4)C(=O)C31)C2c1ccccc1OCCO. The zero-order valence-electron chi connectivity index (χ0n) is 24.1. The van der Waals surface area contributed by atoms with Crippen molar-refractivity contribution in [3.8, 4) is 5.75 Å². The van der Waals surface area contributed by atoms with E-state index in [1.807, 2.05) is 37.3 Å². The first-order chi connectivity index (χ1) is 21.3. The van der Waals surface area contributed by atoms with E-state index >= 15 is 0 Å². The van der Waals surface area contributed by atoms with Gasteiger partial charge in [-0.2, -0.15) is 0 Å². The number of hydrogen-bond acceptors (Lipinski definition) is 6. The molecule has 6 unspecified atom stereocenters. The van der Waals surface area contributed by atoms with Gasteiger partial charge in [0.25, 0.3) is 0 Å². The number of anilines is 2. The van der Waals surface area contributed by atoms with Gasteiger partial charge in [-0.1, -0.05) is 59.6 Å². The molecule has 0 radical (unpaired) electrons. The predicted molar refractivity (Wildman–Crippen MR) is 164 cm³/mol. The molecule has 0 aromatic heterocycles. The minimum atomic E-state index is -1.18. The maximum atomic E-state index is 14.5.